The molecule has 2 fully saturated rings. The van der Waals surface area contributed by atoms with Crippen LogP contribution in [0.25, 0.3) is 0 Å². The fourth-order valence-electron chi connectivity index (χ4n) is 5.07. The topological polar surface area (TPSA) is 98.7 Å². The predicted molar refractivity (Wildman–Crippen MR) is 113 cm³/mol. The quantitative estimate of drug-likeness (QED) is 0.778. The van der Waals surface area contributed by atoms with Crippen LogP contribution in [0.2, 0.25) is 0 Å². The predicted octanol–water partition coefficient (Wildman–Crippen LogP) is 1.82. The second kappa shape index (κ2) is 8.49. The van der Waals surface area contributed by atoms with Gasteiger partial charge in [-0.3, -0.25) is 9.59 Å². The molecule has 2 N–H and O–H groups in total. The Kier molecular flexibility index (Phi) is 5.95. The van der Waals surface area contributed by atoms with Gasteiger partial charge in [-0.05, 0) is 19.3 Å². The maximum absolute atomic E-state index is 12.8. The molecule has 0 spiro atoms. The molecule has 1 saturated heterocycles. The molecule has 8 heteroatoms. The zero-order valence-electron chi connectivity index (χ0n) is 18.1. The molecule has 1 saturated carbocycles. The van der Waals surface area contributed by atoms with Gasteiger partial charge in [-0.2, -0.15) is 0 Å². The van der Waals surface area contributed by atoms with Gasteiger partial charge in [0.25, 0.3) is 0 Å². The molecule has 0 radical (unpaired) electrons. The van der Waals surface area contributed by atoms with Gasteiger partial charge in [0, 0.05) is 51.5 Å². The molecule has 0 unspecified atom stereocenters. The van der Waals surface area contributed by atoms with E-state index < -0.39 is 5.60 Å². The van der Waals surface area contributed by atoms with Crippen LogP contribution in [0.4, 0.5) is 5.82 Å². The van der Waals surface area contributed by atoms with Gasteiger partial charge in [-0.25, -0.2) is 9.97 Å². The fourth-order valence-corrected chi connectivity index (χ4v) is 5.07. The molecule has 0 aromatic carbocycles. The highest BCUT2D eigenvalue weighted by atomic mass is 16.3. The average molecular weight is 416 g/mol. The molecular formula is C22H33N5O3. The Labute approximate surface area is 178 Å². The largest absolute Gasteiger partial charge is 0.389 e. The summed E-state index contributed by atoms with van der Waals surface area (Å²) in [6, 6.07) is 0. The second-order valence-corrected chi connectivity index (χ2v) is 9.08. The van der Waals surface area contributed by atoms with E-state index in [0.717, 1.165) is 67.8 Å². The number of anilines is 1. The SMILES string of the molecule is CNc1nc([C@H]2CCN(C(=O)CC3(O)CCCCC3)C2)nc2c1CN(C(C)=O)CC2. The van der Waals surface area contributed by atoms with Crippen molar-refractivity contribution in [3.63, 3.8) is 0 Å². The van der Waals surface area contributed by atoms with Crippen LogP contribution in [0.1, 0.15) is 74.9 Å². The molecule has 1 aromatic rings. The van der Waals surface area contributed by atoms with E-state index in [-0.39, 0.29) is 24.2 Å². The van der Waals surface area contributed by atoms with Crippen molar-refractivity contribution in [3.8, 4) is 0 Å². The van der Waals surface area contributed by atoms with E-state index in [2.05, 4.69) is 5.32 Å². The first kappa shape index (κ1) is 21.0. The van der Waals surface area contributed by atoms with Gasteiger partial charge in [0.1, 0.15) is 11.6 Å². The van der Waals surface area contributed by atoms with Crippen LogP contribution < -0.4 is 5.32 Å². The summed E-state index contributed by atoms with van der Waals surface area (Å²) in [6.45, 7) is 4.10. The molecule has 8 nitrogen and oxygen atoms in total. The Hall–Kier alpha value is -2.22. The number of hydrogen-bond acceptors (Lipinski definition) is 6. The van der Waals surface area contributed by atoms with Crippen LogP contribution in [0.15, 0.2) is 0 Å². The van der Waals surface area contributed by atoms with Gasteiger partial charge in [0.15, 0.2) is 0 Å². The lowest BCUT2D eigenvalue weighted by Crippen LogP contribution is -2.39. The summed E-state index contributed by atoms with van der Waals surface area (Å²) in [4.78, 5) is 37.9. The molecule has 4 rings (SSSR count). The van der Waals surface area contributed by atoms with Crippen LogP contribution in [-0.4, -0.2) is 69.0 Å². The van der Waals surface area contributed by atoms with E-state index in [1.807, 2.05) is 16.8 Å². The number of carbonyl (C=O) groups is 2. The zero-order valence-corrected chi connectivity index (χ0v) is 18.1. The zero-order chi connectivity index (χ0) is 21.3. The first-order valence-electron chi connectivity index (χ1n) is 11.2. The third kappa shape index (κ3) is 4.29. The third-order valence-corrected chi connectivity index (χ3v) is 6.93. The van der Waals surface area contributed by atoms with Gasteiger partial charge in [-0.1, -0.05) is 19.3 Å². The van der Waals surface area contributed by atoms with Gasteiger partial charge >= 0.3 is 0 Å². The first-order chi connectivity index (χ1) is 14.4. The third-order valence-electron chi connectivity index (χ3n) is 6.93. The van der Waals surface area contributed by atoms with Crippen molar-refractivity contribution < 1.29 is 14.7 Å². The summed E-state index contributed by atoms with van der Waals surface area (Å²) in [7, 11) is 1.84. The minimum atomic E-state index is -0.822. The number of nitrogens with zero attached hydrogens (tertiary/aromatic N) is 4. The molecule has 30 heavy (non-hydrogen) atoms. The molecule has 2 amide bonds. The van der Waals surface area contributed by atoms with E-state index in [1.54, 1.807) is 6.92 Å². The van der Waals surface area contributed by atoms with Crippen molar-refractivity contribution in [1.29, 1.82) is 0 Å². The molecule has 164 valence electrons. The number of hydrogen-bond donors (Lipinski definition) is 2. The molecule has 0 bridgehead atoms. The summed E-state index contributed by atoms with van der Waals surface area (Å²) in [5, 5.41) is 13.9. The van der Waals surface area contributed by atoms with Crippen molar-refractivity contribution in [3.05, 3.63) is 17.1 Å². The molecule has 3 aliphatic rings. The van der Waals surface area contributed by atoms with Crippen LogP contribution >= 0.6 is 0 Å². The number of likely N-dealkylation sites (tertiary alicyclic amines) is 1. The van der Waals surface area contributed by atoms with Gasteiger partial charge in [-0.15, -0.1) is 0 Å². The lowest BCUT2D eigenvalue weighted by molar-refractivity contribution is -0.136. The van der Waals surface area contributed by atoms with Gasteiger partial charge in [0.05, 0.1) is 24.3 Å². The Morgan fingerprint density at radius 2 is 1.93 bits per heavy atom. The van der Waals surface area contributed by atoms with Crippen molar-refractivity contribution in [1.82, 2.24) is 19.8 Å². The summed E-state index contributed by atoms with van der Waals surface area (Å²) >= 11 is 0. The Balaban J connectivity index is 1.45. The van der Waals surface area contributed by atoms with E-state index in [4.69, 9.17) is 9.97 Å². The molecule has 1 aromatic heterocycles. The minimum absolute atomic E-state index is 0.0470. The van der Waals surface area contributed by atoms with E-state index >= 15 is 0 Å². The number of carbonyl (C=O) groups excluding carboxylic acids is 2. The Morgan fingerprint density at radius 1 is 1.17 bits per heavy atom. The highest BCUT2D eigenvalue weighted by Gasteiger charge is 2.36. The number of aliphatic hydroxyl groups is 1. The summed E-state index contributed by atoms with van der Waals surface area (Å²) in [6.07, 6.45) is 6.41. The smallest absolute Gasteiger partial charge is 0.225 e. The number of aromatic nitrogens is 2. The number of nitrogens with one attached hydrogen (secondary N) is 1. The summed E-state index contributed by atoms with van der Waals surface area (Å²) in [5.74, 6) is 1.78. The van der Waals surface area contributed by atoms with Crippen LogP contribution in [0.3, 0.4) is 0 Å². The highest BCUT2D eigenvalue weighted by Crippen LogP contribution is 2.34. The van der Waals surface area contributed by atoms with Crippen LogP contribution in [0.5, 0.6) is 0 Å². The lowest BCUT2D eigenvalue weighted by Gasteiger charge is -2.32. The van der Waals surface area contributed by atoms with E-state index in [0.29, 0.717) is 26.2 Å². The first-order valence-corrected chi connectivity index (χ1v) is 11.2. The monoisotopic (exact) mass is 415 g/mol. The number of fused-ring (bicyclic) bond motifs is 1. The van der Waals surface area contributed by atoms with Crippen molar-refractivity contribution in [2.45, 2.75) is 76.4 Å². The van der Waals surface area contributed by atoms with E-state index in [9.17, 15) is 14.7 Å². The minimum Gasteiger partial charge on any atom is -0.389 e. The number of amides is 2. The van der Waals surface area contributed by atoms with Gasteiger partial charge < -0.3 is 20.2 Å². The van der Waals surface area contributed by atoms with Crippen LogP contribution in [-0.2, 0) is 22.6 Å². The van der Waals surface area contributed by atoms with E-state index in [1.165, 1.54) is 0 Å². The van der Waals surface area contributed by atoms with Crippen molar-refractivity contribution >= 4 is 17.6 Å². The highest BCUT2D eigenvalue weighted by molar-refractivity contribution is 5.77. The molecule has 1 atom stereocenters. The maximum atomic E-state index is 12.8. The van der Waals surface area contributed by atoms with Gasteiger partial charge in [0.2, 0.25) is 11.8 Å². The van der Waals surface area contributed by atoms with Crippen LogP contribution in [0, 0.1) is 0 Å². The molecule has 2 aliphatic heterocycles. The van der Waals surface area contributed by atoms with Crippen molar-refractivity contribution in [2.24, 2.45) is 0 Å². The normalized spacial score (nSPS) is 23.2. The maximum Gasteiger partial charge on any atom is 0.225 e. The fraction of sp³-hybridized carbons (Fsp3) is 0.727. The number of rotatable bonds is 4. The molecule has 1 aliphatic carbocycles. The molecular weight excluding hydrogens is 382 g/mol. The Morgan fingerprint density at radius 3 is 2.63 bits per heavy atom. The lowest BCUT2D eigenvalue weighted by atomic mass is 9.82. The standard InChI is InChI=1S/C22H33N5O3/c1-15(28)26-11-7-18-17(14-26)21(23-2)25-20(24-18)16-6-10-27(13-16)19(29)12-22(30)8-4-3-5-9-22/h16,30H,3-14H2,1-2H3,(H,23,24,25)/t16-/m0/s1. The molecule has 3 heterocycles. The Bertz CT molecular complexity index is 804. The summed E-state index contributed by atoms with van der Waals surface area (Å²) in [5.41, 5.74) is 1.17. The summed E-state index contributed by atoms with van der Waals surface area (Å²) < 4.78 is 0. The second-order valence-electron chi connectivity index (χ2n) is 9.08. The van der Waals surface area contributed by atoms with Crippen molar-refractivity contribution in [2.75, 3.05) is 32.0 Å². The average Bonchev–Trinajstić information content (AvgIpc) is 3.23.